The molecule has 0 spiro atoms. The molecule has 22 heavy (non-hydrogen) atoms. The van der Waals surface area contributed by atoms with Crippen molar-refractivity contribution in [1.82, 2.24) is 10.3 Å². The maximum atomic E-state index is 5.28. The number of nitrogens with zero attached hydrogens (tertiary/aromatic N) is 2. The lowest BCUT2D eigenvalue weighted by atomic mass is 9.92. The second kappa shape index (κ2) is 7.77. The van der Waals surface area contributed by atoms with Crippen molar-refractivity contribution in [3.8, 4) is 0 Å². The Morgan fingerprint density at radius 3 is 2.55 bits per heavy atom. The predicted molar refractivity (Wildman–Crippen MR) is 98.5 cm³/mol. The number of hydrogen-bond donors (Lipinski definition) is 2. The molecule has 2 heterocycles. The zero-order valence-electron chi connectivity index (χ0n) is 14.1. The number of anilines is 2. The van der Waals surface area contributed by atoms with Gasteiger partial charge in [0.25, 0.3) is 0 Å². The first-order valence-corrected chi connectivity index (χ1v) is 8.60. The van der Waals surface area contributed by atoms with Gasteiger partial charge in [-0.3, -0.25) is 0 Å². The van der Waals surface area contributed by atoms with Crippen LogP contribution in [0.25, 0.3) is 0 Å². The summed E-state index contributed by atoms with van der Waals surface area (Å²) in [5.74, 6) is 3.10. The molecule has 0 unspecified atom stereocenters. The molecule has 2 rings (SSSR count). The highest BCUT2D eigenvalue weighted by molar-refractivity contribution is 7.80. The van der Waals surface area contributed by atoms with Gasteiger partial charge in [0.15, 0.2) is 5.11 Å². The molecule has 0 bridgehead atoms. The molecule has 1 aromatic heterocycles. The van der Waals surface area contributed by atoms with Crippen molar-refractivity contribution in [3.63, 3.8) is 0 Å². The van der Waals surface area contributed by atoms with Crippen LogP contribution in [0.4, 0.5) is 11.5 Å². The van der Waals surface area contributed by atoms with Gasteiger partial charge in [0.2, 0.25) is 0 Å². The molecule has 1 aliphatic heterocycles. The fourth-order valence-electron chi connectivity index (χ4n) is 2.97. The topological polar surface area (TPSA) is 40.2 Å². The second-order valence-corrected chi connectivity index (χ2v) is 7.39. The fourth-order valence-corrected chi connectivity index (χ4v) is 3.17. The van der Waals surface area contributed by atoms with Crippen molar-refractivity contribution in [1.29, 1.82) is 0 Å². The largest absolute Gasteiger partial charge is 0.362 e. The summed E-state index contributed by atoms with van der Waals surface area (Å²) in [5.41, 5.74) is 0.933. The first-order valence-electron chi connectivity index (χ1n) is 8.20. The Kier molecular flexibility index (Phi) is 6.00. The lowest BCUT2D eigenvalue weighted by Crippen LogP contribution is -2.39. The van der Waals surface area contributed by atoms with E-state index in [0.717, 1.165) is 43.0 Å². The van der Waals surface area contributed by atoms with Crippen LogP contribution in [0.1, 0.15) is 34.1 Å². The van der Waals surface area contributed by atoms with Gasteiger partial charge in [-0.2, -0.15) is 0 Å². The van der Waals surface area contributed by atoms with E-state index in [1.54, 1.807) is 0 Å². The molecule has 0 aliphatic carbocycles. The molecule has 4 nitrogen and oxygen atoms in total. The molecule has 1 aromatic rings. The van der Waals surface area contributed by atoms with Gasteiger partial charge in [0, 0.05) is 19.6 Å². The van der Waals surface area contributed by atoms with E-state index in [-0.39, 0.29) is 0 Å². The Morgan fingerprint density at radius 2 is 2.00 bits per heavy atom. The Labute approximate surface area is 139 Å². The average molecular weight is 321 g/mol. The Bertz CT molecular complexity index is 476. The van der Waals surface area contributed by atoms with Crippen LogP contribution in [-0.2, 0) is 0 Å². The highest BCUT2D eigenvalue weighted by Crippen LogP contribution is 2.25. The molecular weight excluding hydrogens is 292 g/mol. The zero-order valence-corrected chi connectivity index (χ0v) is 14.9. The summed E-state index contributed by atoms with van der Waals surface area (Å²) in [4.78, 5) is 6.98. The molecule has 1 saturated heterocycles. The minimum atomic E-state index is 0.573. The first kappa shape index (κ1) is 17.0. The van der Waals surface area contributed by atoms with Crippen LogP contribution in [0, 0.1) is 17.8 Å². The van der Waals surface area contributed by atoms with Crippen LogP contribution < -0.4 is 15.5 Å². The maximum Gasteiger partial charge on any atom is 0.170 e. The number of piperidine rings is 1. The molecule has 1 fully saturated rings. The van der Waals surface area contributed by atoms with Crippen molar-refractivity contribution in [2.75, 3.05) is 29.9 Å². The number of pyridine rings is 1. The molecule has 0 amide bonds. The van der Waals surface area contributed by atoms with Crippen LogP contribution in [0.5, 0.6) is 0 Å². The highest BCUT2D eigenvalue weighted by atomic mass is 32.1. The zero-order chi connectivity index (χ0) is 16.1. The third-order valence-corrected chi connectivity index (χ3v) is 4.12. The fraction of sp³-hybridized carbons (Fsp3) is 0.647. The number of thiocarbonyl (C=S) groups is 1. The van der Waals surface area contributed by atoms with Gasteiger partial charge in [-0.05, 0) is 48.5 Å². The van der Waals surface area contributed by atoms with Crippen LogP contribution in [0.2, 0.25) is 0 Å². The molecule has 5 heteroatoms. The van der Waals surface area contributed by atoms with E-state index in [1.807, 2.05) is 6.20 Å². The third kappa shape index (κ3) is 5.13. The lowest BCUT2D eigenvalue weighted by Gasteiger charge is -2.35. The lowest BCUT2D eigenvalue weighted by molar-refractivity contribution is 0.355. The number of nitrogens with one attached hydrogen (secondary N) is 2. The number of rotatable bonds is 4. The smallest absolute Gasteiger partial charge is 0.170 e. The molecule has 0 aromatic carbocycles. The first-order chi connectivity index (χ1) is 10.4. The number of hydrogen-bond acceptors (Lipinski definition) is 3. The third-order valence-electron chi connectivity index (χ3n) is 3.87. The van der Waals surface area contributed by atoms with Crippen molar-refractivity contribution in [3.05, 3.63) is 18.3 Å². The standard InChI is InChI=1S/C17H28N4S/c1-12(2)8-19-17(22)20-15-5-6-16(18-9-15)21-10-13(3)7-14(4)11-21/h5-6,9,12-14H,7-8,10-11H2,1-4H3,(H2,19,20,22)/t13-,14+. The quantitative estimate of drug-likeness (QED) is 0.831. The van der Waals surface area contributed by atoms with Gasteiger partial charge in [-0.25, -0.2) is 4.98 Å². The van der Waals surface area contributed by atoms with Crippen LogP contribution in [-0.4, -0.2) is 29.7 Å². The van der Waals surface area contributed by atoms with Crippen LogP contribution >= 0.6 is 12.2 Å². The van der Waals surface area contributed by atoms with Gasteiger partial charge in [-0.15, -0.1) is 0 Å². The molecule has 0 radical (unpaired) electrons. The van der Waals surface area contributed by atoms with Gasteiger partial charge in [0.05, 0.1) is 11.9 Å². The Morgan fingerprint density at radius 1 is 1.32 bits per heavy atom. The predicted octanol–water partition coefficient (Wildman–Crippen LogP) is 3.51. The highest BCUT2D eigenvalue weighted by Gasteiger charge is 2.22. The Balaban J connectivity index is 1.91. The second-order valence-electron chi connectivity index (χ2n) is 6.98. The van der Waals surface area contributed by atoms with E-state index in [9.17, 15) is 0 Å². The molecule has 122 valence electrons. The van der Waals surface area contributed by atoms with Crippen molar-refractivity contribution >= 4 is 28.8 Å². The summed E-state index contributed by atoms with van der Waals surface area (Å²) in [6.45, 7) is 12.0. The van der Waals surface area contributed by atoms with Crippen molar-refractivity contribution in [2.45, 2.75) is 34.1 Å². The van der Waals surface area contributed by atoms with E-state index in [4.69, 9.17) is 12.2 Å². The van der Waals surface area contributed by atoms with Crippen LogP contribution in [0.15, 0.2) is 18.3 Å². The maximum absolute atomic E-state index is 5.28. The summed E-state index contributed by atoms with van der Waals surface area (Å²) < 4.78 is 0. The van der Waals surface area contributed by atoms with Crippen LogP contribution in [0.3, 0.4) is 0 Å². The monoisotopic (exact) mass is 320 g/mol. The van der Waals surface area contributed by atoms with E-state index >= 15 is 0 Å². The molecular formula is C17H28N4S. The van der Waals surface area contributed by atoms with Gasteiger partial charge in [0.1, 0.15) is 5.82 Å². The summed E-state index contributed by atoms with van der Waals surface area (Å²) in [5, 5.41) is 7.04. The summed E-state index contributed by atoms with van der Waals surface area (Å²) in [6, 6.07) is 4.13. The van der Waals surface area contributed by atoms with Gasteiger partial charge >= 0.3 is 0 Å². The average Bonchev–Trinajstić information content (AvgIpc) is 2.45. The van der Waals surface area contributed by atoms with E-state index in [1.165, 1.54) is 6.42 Å². The summed E-state index contributed by atoms with van der Waals surface area (Å²) >= 11 is 5.28. The molecule has 1 aliphatic rings. The number of aromatic nitrogens is 1. The van der Waals surface area contributed by atoms with Crippen molar-refractivity contribution < 1.29 is 0 Å². The summed E-state index contributed by atoms with van der Waals surface area (Å²) in [6.07, 6.45) is 3.18. The van der Waals surface area contributed by atoms with E-state index in [2.05, 4.69) is 60.3 Å². The van der Waals surface area contributed by atoms with E-state index in [0.29, 0.717) is 11.0 Å². The van der Waals surface area contributed by atoms with Gasteiger partial charge < -0.3 is 15.5 Å². The normalized spacial score (nSPS) is 21.8. The minimum absolute atomic E-state index is 0.573. The van der Waals surface area contributed by atoms with E-state index < -0.39 is 0 Å². The summed E-state index contributed by atoms with van der Waals surface area (Å²) in [7, 11) is 0. The minimum Gasteiger partial charge on any atom is -0.362 e. The Hall–Kier alpha value is -1.36. The SMILES string of the molecule is CC(C)CNC(=S)Nc1ccc(N2C[C@H](C)C[C@H](C)C2)nc1. The molecule has 0 saturated carbocycles. The van der Waals surface area contributed by atoms with Crippen molar-refractivity contribution in [2.24, 2.45) is 17.8 Å². The van der Waals surface area contributed by atoms with Gasteiger partial charge in [-0.1, -0.05) is 27.7 Å². The molecule has 2 atom stereocenters. The molecule has 2 N–H and O–H groups in total.